The van der Waals surface area contributed by atoms with E-state index in [-0.39, 0.29) is 0 Å². The molecule has 0 heterocycles. The second-order valence-corrected chi connectivity index (χ2v) is 8.25. The lowest BCUT2D eigenvalue weighted by molar-refractivity contribution is 0.445. The topological polar surface area (TPSA) is 49.7 Å². The molecular formula is C22H24N2O2S. The molecule has 27 heavy (non-hydrogen) atoms. The minimum Gasteiger partial charge on any atom is -0.253 e. The number of hydrogen-bond donors (Lipinski definition) is 0. The molecule has 0 amide bonds. The second kappa shape index (κ2) is 8.03. The van der Waals surface area contributed by atoms with Gasteiger partial charge < -0.3 is 0 Å². The van der Waals surface area contributed by atoms with Crippen molar-refractivity contribution in [2.45, 2.75) is 25.7 Å². The van der Waals surface area contributed by atoms with E-state index in [2.05, 4.69) is 24.3 Å². The van der Waals surface area contributed by atoms with Crippen LogP contribution in [0, 0.1) is 0 Å². The highest BCUT2D eigenvalue weighted by Gasteiger charge is 2.21. The van der Waals surface area contributed by atoms with Crippen LogP contribution in [0.25, 0.3) is 10.8 Å². The highest BCUT2D eigenvalue weighted by molar-refractivity contribution is 7.89. The molecule has 3 aromatic carbocycles. The van der Waals surface area contributed by atoms with Crippen molar-refractivity contribution in [1.29, 1.82) is 0 Å². The molecule has 0 bridgehead atoms. The van der Waals surface area contributed by atoms with Gasteiger partial charge in [0.25, 0.3) is 0 Å². The summed E-state index contributed by atoms with van der Waals surface area (Å²) in [5.74, 6) is 0. The van der Waals surface area contributed by atoms with Crippen molar-refractivity contribution in [3.8, 4) is 0 Å². The Balaban J connectivity index is 1.94. The molecule has 0 aliphatic rings. The molecule has 0 unspecified atom stereocenters. The summed E-state index contributed by atoms with van der Waals surface area (Å²) in [5, 5.41) is 2.33. The van der Waals surface area contributed by atoms with Gasteiger partial charge in [0.2, 0.25) is 10.0 Å². The van der Waals surface area contributed by atoms with Gasteiger partial charge in [0.15, 0.2) is 0 Å². The van der Waals surface area contributed by atoms with Gasteiger partial charge in [-0.3, -0.25) is 4.99 Å². The number of nitrogens with zero attached hydrogens (tertiary/aromatic N) is 2. The first-order valence-corrected chi connectivity index (χ1v) is 10.5. The molecule has 3 aromatic rings. The molecule has 0 saturated heterocycles. The molecule has 0 N–H and O–H groups in total. The van der Waals surface area contributed by atoms with Gasteiger partial charge in [0, 0.05) is 24.4 Å². The van der Waals surface area contributed by atoms with Crippen molar-refractivity contribution in [2.24, 2.45) is 4.99 Å². The Bertz CT molecular complexity index is 1060. The Morgan fingerprint density at radius 3 is 2.19 bits per heavy atom. The van der Waals surface area contributed by atoms with E-state index in [1.54, 1.807) is 24.3 Å². The van der Waals surface area contributed by atoms with E-state index in [0.29, 0.717) is 18.0 Å². The fourth-order valence-corrected chi connectivity index (χ4v) is 4.66. The van der Waals surface area contributed by atoms with Crippen molar-refractivity contribution in [3.05, 3.63) is 72.3 Å². The lowest BCUT2D eigenvalue weighted by Crippen LogP contribution is -2.30. The largest absolute Gasteiger partial charge is 0.253 e. The quantitative estimate of drug-likeness (QED) is 0.564. The van der Waals surface area contributed by atoms with Crippen LogP contribution in [0.15, 0.2) is 76.6 Å². The Hall–Kier alpha value is -2.50. The number of sulfonamides is 1. The lowest BCUT2D eigenvalue weighted by Gasteiger charge is -2.18. The van der Waals surface area contributed by atoms with E-state index >= 15 is 0 Å². The van der Waals surface area contributed by atoms with Crippen LogP contribution in [-0.2, 0) is 10.0 Å². The standard InChI is InChI=1S/C22H24N2O2S/c1-4-24(5-2)27(25,26)20-15-13-19(14-16-20)23-17(3)21-12-8-10-18-9-6-7-11-22(18)21/h6-16H,4-5H2,1-3H3. The third kappa shape index (κ3) is 3.94. The van der Waals surface area contributed by atoms with Gasteiger partial charge >= 0.3 is 0 Å². The monoisotopic (exact) mass is 380 g/mol. The Morgan fingerprint density at radius 2 is 1.52 bits per heavy atom. The predicted octanol–water partition coefficient (Wildman–Crippen LogP) is 5.01. The molecular weight excluding hydrogens is 356 g/mol. The third-order valence-corrected chi connectivity index (χ3v) is 6.72. The van der Waals surface area contributed by atoms with Crippen LogP contribution in [0.4, 0.5) is 5.69 Å². The fourth-order valence-electron chi connectivity index (χ4n) is 3.20. The third-order valence-electron chi connectivity index (χ3n) is 4.66. The zero-order valence-electron chi connectivity index (χ0n) is 15.9. The van der Waals surface area contributed by atoms with Crippen LogP contribution in [-0.4, -0.2) is 31.5 Å². The average molecular weight is 381 g/mol. The predicted molar refractivity (Wildman–Crippen MR) is 112 cm³/mol. The minimum atomic E-state index is -3.44. The van der Waals surface area contributed by atoms with E-state index in [1.807, 2.05) is 39.0 Å². The molecule has 0 saturated carbocycles. The van der Waals surface area contributed by atoms with Crippen molar-refractivity contribution in [2.75, 3.05) is 13.1 Å². The Kier molecular flexibility index (Phi) is 5.73. The molecule has 3 rings (SSSR count). The van der Waals surface area contributed by atoms with Crippen molar-refractivity contribution >= 4 is 32.2 Å². The lowest BCUT2D eigenvalue weighted by atomic mass is 10.0. The Morgan fingerprint density at radius 1 is 0.889 bits per heavy atom. The first kappa shape index (κ1) is 19.3. The number of benzene rings is 3. The van der Waals surface area contributed by atoms with E-state index in [1.165, 1.54) is 9.69 Å². The summed E-state index contributed by atoms with van der Waals surface area (Å²) in [7, 11) is -3.44. The van der Waals surface area contributed by atoms with Gasteiger partial charge in [-0.1, -0.05) is 56.3 Å². The molecule has 0 spiro atoms. The average Bonchev–Trinajstić information content (AvgIpc) is 2.68. The molecule has 140 valence electrons. The second-order valence-electron chi connectivity index (χ2n) is 6.31. The Labute approximate surface area is 161 Å². The van der Waals surface area contributed by atoms with E-state index < -0.39 is 10.0 Å². The maximum absolute atomic E-state index is 12.6. The van der Waals surface area contributed by atoms with E-state index in [4.69, 9.17) is 4.99 Å². The summed E-state index contributed by atoms with van der Waals surface area (Å²) in [6.07, 6.45) is 0. The zero-order valence-corrected chi connectivity index (χ0v) is 16.7. The van der Waals surface area contributed by atoms with Crippen LogP contribution in [0.1, 0.15) is 26.3 Å². The van der Waals surface area contributed by atoms with Gasteiger partial charge in [-0.05, 0) is 42.0 Å². The molecule has 0 fully saturated rings. The smallest absolute Gasteiger partial charge is 0.243 e. The van der Waals surface area contributed by atoms with Gasteiger partial charge in [-0.2, -0.15) is 4.31 Å². The van der Waals surface area contributed by atoms with E-state index in [9.17, 15) is 8.42 Å². The molecule has 0 aromatic heterocycles. The van der Waals surface area contributed by atoms with Crippen molar-refractivity contribution < 1.29 is 8.42 Å². The minimum absolute atomic E-state index is 0.299. The highest BCUT2D eigenvalue weighted by atomic mass is 32.2. The molecule has 4 nitrogen and oxygen atoms in total. The van der Waals surface area contributed by atoms with Crippen LogP contribution in [0.2, 0.25) is 0 Å². The van der Waals surface area contributed by atoms with Gasteiger partial charge in [0.1, 0.15) is 0 Å². The summed E-state index contributed by atoms with van der Waals surface area (Å²) in [6, 6.07) is 21.1. The normalized spacial score (nSPS) is 12.7. The number of rotatable bonds is 6. The SMILES string of the molecule is CCN(CC)S(=O)(=O)c1ccc(N=C(C)c2cccc3ccccc23)cc1. The first-order valence-electron chi connectivity index (χ1n) is 9.11. The highest BCUT2D eigenvalue weighted by Crippen LogP contribution is 2.23. The molecule has 0 radical (unpaired) electrons. The van der Waals surface area contributed by atoms with Crippen LogP contribution in [0.3, 0.4) is 0 Å². The maximum atomic E-state index is 12.6. The summed E-state index contributed by atoms with van der Waals surface area (Å²) < 4.78 is 26.6. The molecule has 0 aliphatic heterocycles. The van der Waals surface area contributed by atoms with Gasteiger partial charge in [0.05, 0.1) is 10.6 Å². The van der Waals surface area contributed by atoms with Crippen LogP contribution >= 0.6 is 0 Å². The summed E-state index contributed by atoms with van der Waals surface area (Å²) >= 11 is 0. The van der Waals surface area contributed by atoms with Crippen molar-refractivity contribution in [1.82, 2.24) is 4.31 Å². The van der Waals surface area contributed by atoms with E-state index in [0.717, 1.165) is 22.3 Å². The fraction of sp³-hybridized carbons (Fsp3) is 0.227. The number of fused-ring (bicyclic) bond motifs is 1. The van der Waals surface area contributed by atoms with Crippen LogP contribution < -0.4 is 0 Å². The number of aliphatic imine (C=N–C) groups is 1. The molecule has 5 heteroatoms. The molecule has 0 atom stereocenters. The van der Waals surface area contributed by atoms with Crippen molar-refractivity contribution in [3.63, 3.8) is 0 Å². The van der Waals surface area contributed by atoms with Crippen LogP contribution in [0.5, 0.6) is 0 Å². The van der Waals surface area contributed by atoms with Gasteiger partial charge in [-0.15, -0.1) is 0 Å². The molecule has 0 aliphatic carbocycles. The zero-order chi connectivity index (χ0) is 19.4. The maximum Gasteiger partial charge on any atom is 0.243 e. The summed E-state index contributed by atoms with van der Waals surface area (Å²) in [4.78, 5) is 5.00. The first-order chi connectivity index (χ1) is 13.0. The summed E-state index contributed by atoms with van der Waals surface area (Å²) in [5.41, 5.74) is 2.71. The summed E-state index contributed by atoms with van der Waals surface area (Å²) in [6.45, 7) is 6.57. The van der Waals surface area contributed by atoms with Gasteiger partial charge in [-0.25, -0.2) is 8.42 Å². The number of hydrogen-bond acceptors (Lipinski definition) is 3.